The number of anilines is 2. The van der Waals surface area contributed by atoms with Gasteiger partial charge in [-0.25, -0.2) is 8.42 Å². The Morgan fingerprint density at radius 2 is 1.64 bits per heavy atom. The Balaban J connectivity index is 1.89. The van der Waals surface area contributed by atoms with Gasteiger partial charge in [-0.2, -0.15) is 8.78 Å². The van der Waals surface area contributed by atoms with Crippen molar-refractivity contribution in [1.29, 1.82) is 0 Å². The van der Waals surface area contributed by atoms with Crippen molar-refractivity contribution >= 4 is 44.8 Å². The van der Waals surface area contributed by atoms with E-state index in [0.29, 0.717) is 5.69 Å². The van der Waals surface area contributed by atoms with E-state index in [0.717, 1.165) is 23.4 Å². The maximum Gasteiger partial charge on any atom is 0.341 e. The van der Waals surface area contributed by atoms with Crippen LogP contribution in [0.2, 0.25) is 0 Å². The molecule has 0 unspecified atom stereocenters. The number of para-hydroxylation sites is 1. The number of rotatable bonds is 8. The number of carbonyl (C=O) groups excluding carboxylic acids is 2. The molecule has 2 amide bonds. The fourth-order valence-electron chi connectivity index (χ4n) is 2.26. The number of carbonyl (C=O) groups is 2. The summed E-state index contributed by atoms with van der Waals surface area (Å²) in [5.41, 5.74) is 1.40. The normalized spacial score (nSPS) is 11.3. The van der Waals surface area contributed by atoms with Crippen molar-refractivity contribution in [3.05, 3.63) is 54.1 Å². The van der Waals surface area contributed by atoms with Gasteiger partial charge in [0.25, 0.3) is 0 Å². The summed E-state index contributed by atoms with van der Waals surface area (Å²) >= 11 is 1.01. The van der Waals surface area contributed by atoms with Gasteiger partial charge in [0, 0.05) is 5.69 Å². The standard InChI is InChI=1S/C18H18F2N2O4S2/c1-12-5-4-6-13(9-12)21-16(23)10-27-11-17(24)22-14-7-2-3-8-15(14)28(25,26)18(19)20/h2-9,18H,10-11H2,1H3,(H,21,23)(H,22,24). The van der Waals surface area contributed by atoms with Gasteiger partial charge in [-0.05, 0) is 36.8 Å². The van der Waals surface area contributed by atoms with Crippen LogP contribution in [-0.4, -0.2) is 37.5 Å². The highest BCUT2D eigenvalue weighted by molar-refractivity contribution is 8.00. The lowest BCUT2D eigenvalue weighted by atomic mass is 10.2. The molecule has 0 atom stereocenters. The first-order valence-corrected chi connectivity index (χ1v) is 10.8. The monoisotopic (exact) mass is 428 g/mol. The van der Waals surface area contributed by atoms with E-state index in [1.807, 2.05) is 13.0 Å². The van der Waals surface area contributed by atoms with E-state index in [4.69, 9.17) is 0 Å². The van der Waals surface area contributed by atoms with Crippen molar-refractivity contribution in [1.82, 2.24) is 0 Å². The van der Waals surface area contributed by atoms with Crippen LogP contribution in [0.5, 0.6) is 0 Å². The average Bonchev–Trinajstić information content (AvgIpc) is 2.62. The molecular weight excluding hydrogens is 410 g/mol. The van der Waals surface area contributed by atoms with E-state index in [2.05, 4.69) is 10.6 Å². The van der Waals surface area contributed by atoms with E-state index in [1.165, 1.54) is 18.2 Å². The molecule has 0 saturated carbocycles. The first-order valence-electron chi connectivity index (χ1n) is 8.05. The zero-order valence-electron chi connectivity index (χ0n) is 14.8. The second-order valence-corrected chi connectivity index (χ2v) is 8.63. The third-order valence-corrected chi connectivity index (χ3v) is 5.84. The molecule has 0 aliphatic rings. The van der Waals surface area contributed by atoms with Crippen LogP contribution in [0.25, 0.3) is 0 Å². The number of benzene rings is 2. The number of halogens is 2. The van der Waals surface area contributed by atoms with Crippen LogP contribution >= 0.6 is 11.8 Å². The second kappa shape index (κ2) is 9.65. The SMILES string of the molecule is Cc1cccc(NC(=O)CSCC(=O)Nc2ccccc2S(=O)(=O)C(F)F)c1. The van der Waals surface area contributed by atoms with Crippen LogP contribution < -0.4 is 10.6 Å². The molecule has 0 aliphatic heterocycles. The maximum atomic E-state index is 12.8. The summed E-state index contributed by atoms with van der Waals surface area (Å²) < 4.78 is 48.9. The molecule has 0 fully saturated rings. The zero-order valence-corrected chi connectivity index (χ0v) is 16.4. The molecule has 0 aromatic heterocycles. The molecule has 0 radical (unpaired) electrons. The first kappa shape index (κ1) is 21.8. The van der Waals surface area contributed by atoms with E-state index >= 15 is 0 Å². The van der Waals surface area contributed by atoms with E-state index in [1.54, 1.807) is 18.2 Å². The Kier molecular flexibility index (Phi) is 7.53. The van der Waals surface area contributed by atoms with Crippen molar-refractivity contribution in [2.45, 2.75) is 17.6 Å². The number of nitrogens with one attached hydrogen (secondary N) is 2. The Bertz CT molecular complexity index is 966. The number of thioether (sulfide) groups is 1. The van der Waals surface area contributed by atoms with Crippen LogP contribution in [0.3, 0.4) is 0 Å². The van der Waals surface area contributed by atoms with E-state index in [-0.39, 0.29) is 23.1 Å². The van der Waals surface area contributed by atoms with Crippen molar-refractivity contribution in [2.24, 2.45) is 0 Å². The zero-order chi connectivity index (χ0) is 20.7. The minimum Gasteiger partial charge on any atom is -0.325 e. The molecule has 0 bridgehead atoms. The minimum absolute atomic E-state index is 0.00165. The molecule has 2 aromatic carbocycles. The molecule has 0 aliphatic carbocycles. The van der Waals surface area contributed by atoms with Gasteiger partial charge in [-0.1, -0.05) is 24.3 Å². The molecule has 0 spiro atoms. The van der Waals surface area contributed by atoms with Crippen LogP contribution in [0.1, 0.15) is 5.56 Å². The highest BCUT2D eigenvalue weighted by atomic mass is 32.2. The Morgan fingerprint density at radius 1 is 1.00 bits per heavy atom. The molecule has 0 heterocycles. The molecule has 10 heteroatoms. The number of amides is 2. The quantitative estimate of drug-likeness (QED) is 0.673. The van der Waals surface area contributed by atoms with Crippen molar-refractivity contribution in [3.8, 4) is 0 Å². The summed E-state index contributed by atoms with van der Waals surface area (Å²) in [7, 11) is -4.84. The van der Waals surface area contributed by atoms with Crippen molar-refractivity contribution < 1.29 is 26.8 Å². The van der Waals surface area contributed by atoms with Crippen molar-refractivity contribution in [3.63, 3.8) is 0 Å². The van der Waals surface area contributed by atoms with Gasteiger partial charge < -0.3 is 10.6 Å². The number of aryl methyl sites for hydroxylation is 1. The van der Waals surface area contributed by atoms with Gasteiger partial charge in [0.2, 0.25) is 21.7 Å². The average molecular weight is 428 g/mol. The van der Waals surface area contributed by atoms with E-state index in [9.17, 15) is 26.8 Å². The van der Waals surface area contributed by atoms with Gasteiger partial charge in [0.05, 0.1) is 22.1 Å². The van der Waals surface area contributed by atoms with E-state index < -0.39 is 26.4 Å². The van der Waals surface area contributed by atoms with Gasteiger partial charge >= 0.3 is 5.76 Å². The molecule has 2 aromatic rings. The highest BCUT2D eigenvalue weighted by Crippen LogP contribution is 2.26. The number of alkyl halides is 2. The summed E-state index contributed by atoms with van der Waals surface area (Å²) in [6.45, 7) is 1.89. The molecule has 2 N–H and O–H groups in total. The number of hydrogen-bond donors (Lipinski definition) is 2. The molecule has 0 saturated heterocycles. The van der Waals surface area contributed by atoms with Crippen LogP contribution in [0, 0.1) is 6.92 Å². The Morgan fingerprint density at radius 3 is 2.29 bits per heavy atom. The summed E-state index contributed by atoms with van der Waals surface area (Å²) in [5.74, 6) is -4.65. The third kappa shape index (κ3) is 6.03. The Hall–Kier alpha value is -2.46. The van der Waals surface area contributed by atoms with Crippen molar-refractivity contribution in [2.75, 3.05) is 22.1 Å². The fourth-order valence-corrected chi connectivity index (χ4v) is 3.76. The second-order valence-electron chi connectivity index (χ2n) is 5.76. The van der Waals surface area contributed by atoms with Gasteiger partial charge in [0.15, 0.2) is 0 Å². The van der Waals surface area contributed by atoms with Gasteiger partial charge in [-0.15, -0.1) is 11.8 Å². The first-order chi connectivity index (χ1) is 13.2. The summed E-state index contributed by atoms with van der Waals surface area (Å²) in [6, 6.07) is 12.2. The van der Waals surface area contributed by atoms with Crippen LogP contribution in [-0.2, 0) is 19.4 Å². The summed E-state index contributed by atoms with van der Waals surface area (Å²) in [6.07, 6.45) is 0. The fraction of sp³-hybridized carbons (Fsp3) is 0.222. The molecule has 28 heavy (non-hydrogen) atoms. The van der Waals surface area contributed by atoms with Gasteiger partial charge in [-0.3, -0.25) is 9.59 Å². The van der Waals surface area contributed by atoms with Crippen LogP contribution in [0.4, 0.5) is 20.2 Å². The number of sulfone groups is 1. The highest BCUT2D eigenvalue weighted by Gasteiger charge is 2.29. The predicted molar refractivity (Wildman–Crippen MR) is 105 cm³/mol. The lowest BCUT2D eigenvalue weighted by Crippen LogP contribution is -2.20. The summed E-state index contributed by atoms with van der Waals surface area (Å²) in [5, 5.41) is 4.99. The number of hydrogen-bond acceptors (Lipinski definition) is 5. The molecule has 6 nitrogen and oxygen atoms in total. The van der Waals surface area contributed by atoms with Gasteiger partial charge in [0.1, 0.15) is 0 Å². The molecule has 150 valence electrons. The maximum absolute atomic E-state index is 12.8. The lowest BCUT2D eigenvalue weighted by molar-refractivity contribution is -0.114. The lowest BCUT2D eigenvalue weighted by Gasteiger charge is -2.11. The molecular formula is C18H18F2N2O4S2. The topological polar surface area (TPSA) is 92.3 Å². The summed E-state index contributed by atoms with van der Waals surface area (Å²) in [4.78, 5) is 23.2. The largest absolute Gasteiger partial charge is 0.341 e. The smallest absolute Gasteiger partial charge is 0.325 e. The third-order valence-electron chi connectivity index (χ3n) is 3.47. The predicted octanol–water partition coefficient (Wildman–Crippen LogP) is 3.30. The minimum atomic E-state index is -4.84. The Labute approximate surface area is 165 Å². The van der Waals surface area contributed by atoms with Crippen LogP contribution in [0.15, 0.2) is 53.4 Å². The molecule has 2 rings (SSSR count).